The van der Waals surface area contributed by atoms with Crippen LogP contribution in [0.25, 0.3) is 33.8 Å². The Hall–Kier alpha value is -2.93. The van der Waals surface area contributed by atoms with Crippen LogP contribution in [0.15, 0.2) is 106 Å². The second-order valence-electron chi connectivity index (χ2n) is 6.31. The summed E-state index contributed by atoms with van der Waals surface area (Å²) in [7, 11) is -6.00. The third kappa shape index (κ3) is 6.56. The van der Waals surface area contributed by atoms with Crippen LogP contribution in [0, 0.1) is 0 Å². The van der Waals surface area contributed by atoms with Gasteiger partial charge in [-0.3, -0.25) is 0 Å². The predicted octanol–water partition coefficient (Wildman–Crippen LogP) is 8.62. The van der Waals surface area contributed by atoms with Gasteiger partial charge in [0.1, 0.15) is 0 Å². The minimum atomic E-state index is -6.00. The summed E-state index contributed by atoms with van der Waals surface area (Å²) >= 11 is 3.56. The Morgan fingerprint density at radius 3 is 1.40 bits per heavy atom. The average Bonchev–Trinajstić information content (AvgIpc) is 2.73. The van der Waals surface area contributed by atoms with E-state index in [2.05, 4.69) is 64.5 Å². The highest BCUT2D eigenvalue weighted by molar-refractivity contribution is 9.10. The smallest absolute Gasteiger partial charge is 0.418 e. The lowest BCUT2D eigenvalue weighted by Crippen LogP contribution is -2.02. The first kappa shape index (κ1) is 21.8. The molecule has 0 atom stereocenters. The first-order valence-electron chi connectivity index (χ1n) is 9.02. The zero-order valence-corrected chi connectivity index (χ0v) is 17.2. The summed E-state index contributed by atoms with van der Waals surface area (Å²) in [6, 6.07) is 32.9. The molecule has 0 amide bonds. The zero-order valence-electron chi connectivity index (χ0n) is 15.6. The number of halogens is 5. The SMILES string of the molecule is Brc1cccc(-c2cc(-c3ccccc3)[o+]c(-c3ccccc3)c2)c1.F[B-](F)(F)F. The topological polar surface area (TPSA) is 11.3 Å². The van der Waals surface area contributed by atoms with Crippen LogP contribution in [0.2, 0.25) is 0 Å². The third-order valence-electron chi connectivity index (χ3n) is 4.07. The molecule has 3 aromatic carbocycles. The fraction of sp³-hybridized carbons (Fsp3) is 0. The fourth-order valence-corrected chi connectivity index (χ4v) is 3.22. The maximum absolute atomic E-state index is 9.75. The van der Waals surface area contributed by atoms with Gasteiger partial charge >= 0.3 is 18.8 Å². The Balaban J connectivity index is 0.000000461. The molecule has 4 aromatic rings. The van der Waals surface area contributed by atoms with Crippen LogP contribution < -0.4 is 0 Å². The van der Waals surface area contributed by atoms with Gasteiger partial charge in [-0.15, -0.1) is 0 Å². The Labute approximate surface area is 180 Å². The lowest BCUT2D eigenvalue weighted by atomic mass is 10.0. The number of hydrogen-bond donors (Lipinski definition) is 0. The van der Waals surface area contributed by atoms with Crippen molar-refractivity contribution in [3.63, 3.8) is 0 Å². The largest absolute Gasteiger partial charge is 0.673 e. The lowest BCUT2D eigenvalue weighted by Gasteiger charge is -2.03. The summed E-state index contributed by atoms with van der Waals surface area (Å²) in [6.07, 6.45) is 0. The molecule has 4 rings (SSSR count). The van der Waals surface area contributed by atoms with Gasteiger partial charge in [0.25, 0.3) is 0 Å². The van der Waals surface area contributed by atoms with Crippen molar-refractivity contribution in [2.75, 3.05) is 0 Å². The van der Waals surface area contributed by atoms with E-state index < -0.39 is 7.25 Å². The molecular formula is C23H16BBrF4O. The van der Waals surface area contributed by atoms with Gasteiger partial charge in [0.05, 0.1) is 23.3 Å². The summed E-state index contributed by atoms with van der Waals surface area (Å²) < 4.78 is 46.3. The molecule has 0 bridgehead atoms. The van der Waals surface area contributed by atoms with E-state index in [1.807, 2.05) is 48.5 Å². The lowest BCUT2D eigenvalue weighted by molar-refractivity contribution is 0.368. The van der Waals surface area contributed by atoms with Crippen molar-refractivity contribution in [2.45, 2.75) is 0 Å². The maximum atomic E-state index is 9.75. The summed E-state index contributed by atoms with van der Waals surface area (Å²) in [5.41, 5.74) is 4.41. The number of hydrogen-bond acceptors (Lipinski definition) is 0. The van der Waals surface area contributed by atoms with Crippen molar-refractivity contribution in [3.05, 3.63) is 102 Å². The van der Waals surface area contributed by atoms with Crippen LogP contribution >= 0.6 is 15.9 Å². The van der Waals surface area contributed by atoms with Crippen molar-refractivity contribution in [3.8, 4) is 33.8 Å². The van der Waals surface area contributed by atoms with Gasteiger partial charge in [0.2, 0.25) is 0 Å². The molecule has 0 spiro atoms. The molecule has 0 aliphatic rings. The molecular weight excluding hydrogens is 459 g/mol. The third-order valence-corrected chi connectivity index (χ3v) is 4.56. The van der Waals surface area contributed by atoms with Gasteiger partial charge in [-0.05, 0) is 42.0 Å². The Morgan fingerprint density at radius 1 is 0.533 bits per heavy atom. The zero-order chi connectivity index (χ0) is 21.6. The molecule has 1 heterocycles. The van der Waals surface area contributed by atoms with Crippen LogP contribution in [0.5, 0.6) is 0 Å². The monoisotopic (exact) mass is 474 g/mol. The van der Waals surface area contributed by atoms with E-state index in [9.17, 15) is 17.3 Å². The van der Waals surface area contributed by atoms with Crippen LogP contribution in [0.1, 0.15) is 0 Å². The van der Waals surface area contributed by atoms with Crippen LogP contribution in [-0.4, -0.2) is 7.25 Å². The summed E-state index contributed by atoms with van der Waals surface area (Å²) in [6.45, 7) is 0. The van der Waals surface area contributed by atoms with E-state index in [1.165, 1.54) is 0 Å². The molecule has 0 unspecified atom stereocenters. The standard InChI is InChI=1S/C23H16BrO.BF4/c24-21-13-7-12-19(14-21)20-15-22(17-8-3-1-4-9-17)25-23(16-20)18-10-5-2-6-11-18;2-1(3,4)5/h1-16H;/q+1;-1. The van der Waals surface area contributed by atoms with E-state index in [4.69, 9.17) is 4.42 Å². The molecule has 0 aliphatic carbocycles. The van der Waals surface area contributed by atoms with Crippen molar-refractivity contribution < 1.29 is 21.7 Å². The van der Waals surface area contributed by atoms with Crippen LogP contribution in [-0.2, 0) is 0 Å². The molecule has 0 aliphatic heterocycles. The minimum absolute atomic E-state index is 0.858. The second kappa shape index (κ2) is 9.72. The summed E-state index contributed by atoms with van der Waals surface area (Å²) in [5, 5.41) is 0. The van der Waals surface area contributed by atoms with Crippen molar-refractivity contribution in [2.24, 2.45) is 0 Å². The average molecular weight is 475 g/mol. The Bertz CT molecular complexity index is 1040. The van der Waals surface area contributed by atoms with Gasteiger partial charge in [-0.25, -0.2) is 4.42 Å². The van der Waals surface area contributed by atoms with E-state index in [0.29, 0.717) is 0 Å². The minimum Gasteiger partial charge on any atom is -0.418 e. The maximum Gasteiger partial charge on any atom is 0.673 e. The molecule has 1 nitrogen and oxygen atoms in total. The van der Waals surface area contributed by atoms with Gasteiger partial charge < -0.3 is 17.3 Å². The molecule has 152 valence electrons. The molecule has 1 aromatic heterocycles. The van der Waals surface area contributed by atoms with Crippen molar-refractivity contribution in [1.82, 2.24) is 0 Å². The number of benzene rings is 3. The Morgan fingerprint density at radius 2 is 0.967 bits per heavy atom. The van der Waals surface area contributed by atoms with Gasteiger partial charge in [0.15, 0.2) is 0 Å². The van der Waals surface area contributed by atoms with Crippen molar-refractivity contribution >= 4 is 23.2 Å². The normalized spacial score (nSPS) is 10.8. The van der Waals surface area contributed by atoms with E-state index in [1.54, 1.807) is 0 Å². The van der Waals surface area contributed by atoms with Crippen LogP contribution in [0.4, 0.5) is 17.3 Å². The second-order valence-corrected chi connectivity index (χ2v) is 7.23. The van der Waals surface area contributed by atoms with Gasteiger partial charge in [0, 0.05) is 10.0 Å². The molecule has 0 saturated heterocycles. The molecule has 0 radical (unpaired) electrons. The van der Waals surface area contributed by atoms with Gasteiger partial charge in [-0.2, -0.15) is 0 Å². The molecule has 7 heteroatoms. The quantitative estimate of drug-likeness (QED) is 0.164. The molecule has 0 fully saturated rings. The van der Waals surface area contributed by atoms with E-state index in [-0.39, 0.29) is 0 Å². The first-order chi connectivity index (χ1) is 14.3. The highest BCUT2D eigenvalue weighted by Crippen LogP contribution is 2.33. The van der Waals surface area contributed by atoms with Gasteiger partial charge in [-0.1, -0.05) is 64.5 Å². The fourth-order valence-electron chi connectivity index (χ4n) is 2.83. The number of rotatable bonds is 3. The van der Waals surface area contributed by atoms with E-state index >= 15 is 0 Å². The highest BCUT2D eigenvalue weighted by Gasteiger charge is 2.21. The summed E-state index contributed by atoms with van der Waals surface area (Å²) in [4.78, 5) is 0. The van der Waals surface area contributed by atoms with E-state index in [0.717, 1.165) is 38.2 Å². The predicted molar refractivity (Wildman–Crippen MR) is 117 cm³/mol. The molecule has 0 saturated carbocycles. The van der Waals surface area contributed by atoms with Crippen molar-refractivity contribution in [1.29, 1.82) is 0 Å². The Kier molecular flexibility index (Phi) is 7.05. The molecule has 30 heavy (non-hydrogen) atoms. The summed E-state index contributed by atoms with van der Waals surface area (Å²) in [5.74, 6) is 1.72. The molecule has 0 N–H and O–H groups in total. The van der Waals surface area contributed by atoms with Crippen LogP contribution in [0.3, 0.4) is 0 Å². The highest BCUT2D eigenvalue weighted by atomic mass is 79.9. The first-order valence-corrected chi connectivity index (χ1v) is 9.81.